The molecular weight excluding hydrogens is 228 g/mol. The first kappa shape index (κ1) is 10.7. The summed E-state index contributed by atoms with van der Waals surface area (Å²) in [4.78, 5) is 7.99. The minimum atomic E-state index is 0.376. The Kier molecular flexibility index (Phi) is 2.92. The van der Waals surface area contributed by atoms with Gasteiger partial charge in [0.2, 0.25) is 0 Å². The maximum Gasteiger partial charge on any atom is 0.169 e. The SMILES string of the molecule is C=COc1cc2c(Cl)ncnc2cc1OC. The molecule has 1 aromatic heterocycles. The van der Waals surface area contributed by atoms with Crippen molar-refractivity contribution in [3.8, 4) is 11.5 Å². The Balaban J connectivity index is 2.70. The number of aromatic nitrogens is 2. The molecule has 0 saturated heterocycles. The molecule has 0 N–H and O–H groups in total. The standard InChI is InChI=1S/C11H9ClN2O2/c1-3-16-10-4-7-8(5-9(10)15-2)13-6-14-11(7)12/h3-6H,1H2,2H3. The highest BCUT2D eigenvalue weighted by Gasteiger charge is 2.09. The van der Waals surface area contributed by atoms with Crippen LogP contribution in [0, 0.1) is 0 Å². The molecule has 0 saturated carbocycles. The predicted octanol–water partition coefficient (Wildman–Crippen LogP) is 2.81. The Morgan fingerprint density at radius 3 is 2.81 bits per heavy atom. The van der Waals surface area contributed by atoms with Crippen LogP contribution in [0.3, 0.4) is 0 Å². The van der Waals surface area contributed by atoms with Crippen LogP contribution in [-0.2, 0) is 0 Å². The summed E-state index contributed by atoms with van der Waals surface area (Å²) in [7, 11) is 1.56. The van der Waals surface area contributed by atoms with Crippen molar-refractivity contribution in [2.75, 3.05) is 7.11 Å². The Labute approximate surface area is 97.5 Å². The number of benzene rings is 1. The van der Waals surface area contributed by atoms with Gasteiger partial charge in [0.05, 0.1) is 18.9 Å². The van der Waals surface area contributed by atoms with E-state index in [0.29, 0.717) is 27.6 Å². The molecule has 5 heteroatoms. The first-order valence-electron chi connectivity index (χ1n) is 4.52. The van der Waals surface area contributed by atoms with E-state index < -0.39 is 0 Å². The topological polar surface area (TPSA) is 44.2 Å². The van der Waals surface area contributed by atoms with Gasteiger partial charge in [0.15, 0.2) is 11.5 Å². The maximum atomic E-state index is 5.95. The quantitative estimate of drug-likeness (QED) is 0.607. The molecule has 0 fully saturated rings. The van der Waals surface area contributed by atoms with Crippen LogP contribution in [0.4, 0.5) is 0 Å². The van der Waals surface area contributed by atoms with E-state index in [4.69, 9.17) is 21.1 Å². The number of nitrogens with zero attached hydrogens (tertiary/aromatic N) is 2. The van der Waals surface area contributed by atoms with Gasteiger partial charge >= 0.3 is 0 Å². The van der Waals surface area contributed by atoms with Crippen molar-refractivity contribution in [3.63, 3.8) is 0 Å². The van der Waals surface area contributed by atoms with Crippen molar-refractivity contribution in [1.29, 1.82) is 0 Å². The van der Waals surface area contributed by atoms with Crippen molar-refractivity contribution in [2.45, 2.75) is 0 Å². The Bertz CT molecular complexity index is 543. The highest BCUT2D eigenvalue weighted by Crippen LogP contribution is 2.33. The van der Waals surface area contributed by atoms with Crippen LogP contribution >= 0.6 is 11.6 Å². The second-order valence-corrected chi connectivity index (χ2v) is 3.33. The maximum absolute atomic E-state index is 5.95. The van der Waals surface area contributed by atoms with Crippen LogP contribution in [0.5, 0.6) is 11.5 Å². The second-order valence-electron chi connectivity index (χ2n) is 2.97. The van der Waals surface area contributed by atoms with E-state index >= 15 is 0 Å². The van der Waals surface area contributed by atoms with Crippen LogP contribution < -0.4 is 9.47 Å². The van der Waals surface area contributed by atoms with Crippen LogP contribution in [0.15, 0.2) is 31.3 Å². The molecule has 0 spiro atoms. The Morgan fingerprint density at radius 1 is 1.31 bits per heavy atom. The second kappa shape index (κ2) is 4.37. The van der Waals surface area contributed by atoms with E-state index in [2.05, 4.69) is 16.5 Å². The van der Waals surface area contributed by atoms with Gasteiger partial charge in [0, 0.05) is 11.5 Å². The average molecular weight is 237 g/mol. The average Bonchev–Trinajstić information content (AvgIpc) is 2.30. The molecule has 1 heterocycles. The molecule has 4 nitrogen and oxygen atoms in total. The van der Waals surface area contributed by atoms with E-state index in [-0.39, 0.29) is 0 Å². The predicted molar refractivity (Wildman–Crippen MR) is 61.9 cm³/mol. The summed E-state index contributed by atoms with van der Waals surface area (Å²) in [5, 5.41) is 1.09. The molecule has 16 heavy (non-hydrogen) atoms. The highest BCUT2D eigenvalue weighted by molar-refractivity contribution is 6.34. The summed E-state index contributed by atoms with van der Waals surface area (Å²) in [5.74, 6) is 1.10. The normalized spacial score (nSPS) is 10.1. The lowest BCUT2D eigenvalue weighted by Crippen LogP contribution is -1.92. The largest absolute Gasteiger partial charge is 0.493 e. The summed E-state index contributed by atoms with van der Waals surface area (Å²) in [5.41, 5.74) is 0.702. The first-order valence-corrected chi connectivity index (χ1v) is 4.90. The minimum absolute atomic E-state index is 0.376. The lowest BCUT2D eigenvalue weighted by Gasteiger charge is -2.08. The third kappa shape index (κ3) is 1.79. The minimum Gasteiger partial charge on any atom is -0.493 e. The smallest absolute Gasteiger partial charge is 0.169 e. The van der Waals surface area contributed by atoms with Crippen LogP contribution in [0.1, 0.15) is 0 Å². The van der Waals surface area contributed by atoms with Gasteiger partial charge in [-0.3, -0.25) is 0 Å². The van der Waals surface area contributed by atoms with Gasteiger partial charge in [-0.1, -0.05) is 18.2 Å². The summed E-state index contributed by atoms with van der Waals surface area (Å²) in [6.45, 7) is 3.49. The molecular formula is C11H9ClN2O2. The summed E-state index contributed by atoms with van der Waals surface area (Å²) in [6, 6.07) is 3.46. The first-order chi connectivity index (χ1) is 7.76. The number of fused-ring (bicyclic) bond motifs is 1. The third-order valence-electron chi connectivity index (χ3n) is 2.08. The molecule has 0 bridgehead atoms. The van der Waals surface area contributed by atoms with Crippen LogP contribution in [0.2, 0.25) is 5.15 Å². The van der Waals surface area contributed by atoms with E-state index in [1.54, 1.807) is 19.2 Å². The molecule has 1 aromatic carbocycles. The fourth-order valence-electron chi connectivity index (χ4n) is 1.37. The number of methoxy groups -OCH3 is 1. The van der Waals surface area contributed by atoms with Crippen molar-refractivity contribution in [1.82, 2.24) is 9.97 Å². The zero-order chi connectivity index (χ0) is 11.5. The Hall–Kier alpha value is -1.81. The number of ether oxygens (including phenoxy) is 2. The monoisotopic (exact) mass is 236 g/mol. The van der Waals surface area contributed by atoms with Crippen molar-refractivity contribution in [2.24, 2.45) is 0 Å². The number of hydrogen-bond acceptors (Lipinski definition) is 4. The molecule has 0 aliphatic heterocycles. The molecule has 0 aliphatic carbocycles. The van der Waals surface area contributed by atoms with Gasteiger partial charge < -0.3 is 9.47 Å². The fourth-order valence-corrected chi connectivity index (χ4v) is 1.57. The number of hydrogen-bond donors (Lipinski definition) is 0. The van der Waals surface area contributed by atoms with Gasteiger partial charge in [-0.25, -0.2) is 9.97 Å². The molecule has 0 aliphatic rings. The van der Waals surface area contributed by atoms with Gasteiger partial charge in [-0.15, -0.1) is 0 Å². The van der Waals surface area contributed by atoms with E-state index in [1.807, 2.05) is 0 Å². The number of rotatable bonds is 3. The zero-order valence-corrected chi connectivity index (χ0v) is 9.36. The molecule has 82 valence electrons. The van der Waals surface area contributed by atoms with Gasteiger partial charge in [0.1, 0.15) is 11.5 Å². The van der Waals surface area contributed by atoms with Crippen LogP contribution in [0.25, 0.3) is 10.9 Å². The summed E-state index contributed by atoms with van der Waals surface area (Å²) in [6.07, 6.45) is 2.72. The highest BCUT2D eigenvalue weighted by atomic mass is 35.5. The van der Waals surface area contributed by atoms with Crippen molar-refractivity contribution < 1.29 is 9.47 Å². The van der Waals surface area contributed by atoms with E-state index in [1.165, 1.54) is 12.6 Å². The summed E-state index contributed by atoms with van der Waals surface area (Å²) >= 11 is 5.95. The van der Waals surface area contributed by atoms with Gasteiger partial charge in [0.25, 0.3) is 0 Å². The zero-order valence-electron chi connectivity index (χ0n) is 8.61. The van der Waals surface area contributed by atoms with Crippen molar-refractivity contribution >= 4 is 22.5 Å². The Morgan fingerprint density at radius 2 is 2.12 bits per heavy atom. The van der Waals surface area contributed by atoms with Crippen LogP contribution in [-0.4, -0.2) is 17.1 Å². The molecule has 0 unspecified atom stereocenters. The molecule has 2 aromatic rings. The lowest BCUT2D eigenvalue weighted by atomic mass is 10.2. The van der Waals surface area contributed by atoms with Gasteiger partial charge in [-0.2, -0.15) is 0 Å². The lowest BCUT2D eigenvalue weighted by molar-refractivity contribution is 0.379. The number of halogens is 1. The molecule has 0 radical (unpaired) electrons. The molecule has 0 amide bonds. The fraction of sp³-hybridized carbons (Fsp3) is 0.0909. The van der Waals surface area contributed by atoms with E-state index in [0.717, 1.165) is 0 Å². The van der Waals surface area contributed by atoms with Crippen molar-refractivity contribution in [3.05, 3.63) is 36.5 Å². The molecule has 0 atom stereocenters. The molecule has 2 rings (SSSR count). The third-order valence-corrected chi connectivity index (χ3v) is 2.38. The summed E-state index contributed by atoms with van der Waals surface area (Å²) < 4.78 is 10.4. The van der Waals surface area contributed by atoms with Gasteiger partial charge in [-0.05, 0) is 6.07 Å². The van der Waals surface area contributed by atoms with E-state index in [9.17, 15) is 0 Å².